The van der Waals surface area contributed by atoms with Crippen LogP contribution < -0.4 is 0 Å². The van der Waals surface area contributed by atoms with E-state index in [1.165, 1.54) is 6.92 Å². The molecule has 1 aromatic rings. The lowest BCUT2D eigenvalue weighted by Gasteiger charge is -2.24. The van der Waals surface area contributed by atoms with Crippen molar-refractivity contribution in [3.63, 3.8) is 0 Å². The summed E-state index contributed by atoms with van der Waals surface area (Å²) in [5.74, 6) is 0.108. The summed E-state index contributed by atoms with van der Waals surface area (Å²) < 4.78 is 62.1. The standard InChI is InChI=1S/C10H16F3N3O2S/c1-7(2)5-16(6-10(11,12)13)19(17,18)9-4-14-8(3)15-9/h4,7H,5-6H2,1-3H3,(H,14,15). The zero-order valence-corrected chi connectivity index (χ0v) is 11.6. The van der Waals surface area contributed by atoms with Crippen molar-refractivity contribution in [2.75, 3.05) is 13.1 Å². The summed E-state index contributed by atoms with van der Waals surface area (Å²) in [4.78, 5) is 6.15. The minimum Gasteiger partial charge on any atom is -0.332 e. The second-order valence-corrected chi connectivity index (χ2v) is 6.55. The van der Waals surface area contributed by atoms with E-state index in [4.69, 9.17) is 0 Å². The van der Waals surface area contributed by atoms with Gasteiger partial charge in [0.2, 0.25) is 0 Å². The van der Waals surface area contributed by atoms with Crippen molar-refractivity contribution < 1.29 is 21.6 Å². The summed E-state index contributed by atoms with van der Waals surface area (Å²) in [5, 5.41) is -0.324. The van der Waals surface area contributed by atoms with Gasteiger partial charge in [-0.15, -0.1) is 0 Å². The highest BCUT2D eigenvalue weighted by Gasteiger charge is 2.37. The van der Waals surface area contributed by atoms with Crippen LogP contribution in [-0.2, 0) is 10.0 Å². The van der Waals surface area contributed by atoms with Gasteiger partial charge in [0, 0.05) is 6.54 Å². The van der Waals surface area contributed by atoms with E-state index < -0.39 is 22.7 Å². The van der Waals surface area contributed by atoms with Gasteiger partial charge in [-0.2, -0.15) is 17.5 Å². The van der Waals surface area contributed by atoms with Crippen LogP contribution in [0.25, 0.3) is 0 Å². The van der Waals surface area contributed by atoms with Gasteiger partial charge in [-0.1, -0.05) is 13.8 Å². The van der Waals surface area contributed by atoms with Gasteiger partial charge in [-0.3, -0.25) is 0 Å². The summed E-state index contributed by atoms with van der Waals surface area (Å²) in [7, 11) is -4.21. The maximum absolute atomic E-state index is 12.5. The lowest BCUT2D eigenvalue weighted by molar-refractivity contribution is -0.136. The number of aromatic nitrogens is 2. The Morgan fingerprint density at radius 1 is 1.42 bits per heavy atom. The number of sulfonamides is 1. The molecular formula is C10H16F3N3O2S. The molecule has 0 bridgehead atoms. The Kier molecular flexibility index (Phi) is 4.62. The molecule has 0 aliphatic rings. The largest absolute Gasteiger partial charge is 0.402 e. The third-order valence-electron chi connectivity index (χ3n) is 2.22. The molecule has 0 fully saturated rings. The van der Waals surface area contributed by atoms with E-state index in [-0.39, 0.29) is 17.5 Å². The zero-order chi connectivity index (χ0) is 14.8. The molecule has 0 aliphatic carbocycles. The number of alkyl halides is 3. The molecule has 110 valence electrons. The van der Waals surface area contributed by atoms with E-state index in [0.29, 0.717) is 10.1 Å². The molecular weight excluding hydrogens is 283 g/mol. The first-order valence-corrected chi connectivity index (χ1v) is 7.05. The molecule has 1 N–H and O–H groups in total. The van der Waals surface area contributed by atoms with Crippen molar-refractivity contribution in [3.8, 4) is 0 Å². The fourth-order valence-corrected chi connectivity index (χ4v) is 3.07. The minimum absolute atomic E-state index is 0.208. The molecule has 0 spiro atoms. The van der Waals surface area contributed by atoms with Gasteiger partial charge in [-0.05, 0) is 12.8 Å². The number of hydrogen-bond acceptors (Lipinski definition) is 3. The first-order valence-electron chi connectivity index (χ1n) is 5.61. The zero-order valence-electron chi connectivity index (χ0n) is 10.8. The highest BCUT2D eigenvalue weighted by Crippen LogP contribution is 2.22. The Balaban J connectivity index is 3.09. The lowest BCUT2D eigenvalue weighted by atomic mass is 10.2. The predicted octanol–water partition coefficient (Wildman–Crippen LogP) is 1.93. The molecule has 19 heavy (non-hydrogen) atoms. The third kappa shape index (κ3) is 4.50. The number of nitrogens with zero attached hydrogens (tertiary/aromatic N) is 2. The number of nitrogens with one attached hydrogen (secondary N) is 1. The van der Waals surface area contributed by atoms with Crippen LogP contribution in [0.15, 0.2) is 11.2 Å². The number of aryl methyl sites for hydroxylation is 1. The summed E-state index contributed by atoms with van der Waals surface area (Å²) >= 11 is 0. The van der Waals surface area contributed by atoms with E-state index in [2.05, 4.69) is 9.97 Å². The fraction of sp³-hybridized carbons (Fsp3) is 0.700. The maximum Gasteiger partial charge on any atom is 0.402 e. The van der Waals surface area contributed by atoms with Gasteiger partial charge in [0.25, 0.3) is 10.0 Å². The van der Waals surface area contributed by atoms with Gasteiger partial charge in [0.05, 0.1) is 6.20 Å². The molecule has 1 aromatic heterocycles. The molecule has 0 amide bonds. The van der Waals surface area contributed by atoms with Gasteiger partial charge < -0.3 is 4.98 Å². The predicted molar refractivity (Wildman–Crippen MR) is 63.0 cm³/mol. The molecule has 0 aromatic carbocycles. The Hall–Kier alpha value is -1.09. The number of aromatic amines is 1. The SMILES string of the molecule is Cc1ncc(S(=O)(=O)N(CC(C)C)CC(F)(F)F)[nH]1. The summed E-state index contributed by atoms with van der Waals surface area (Å²) in [6.07, 6.45) is -3.56. The molecule has 9 heteroatoms. The highest BCUT2D eigenvalue weighted by molar-refractivity contribution is 7.89. The molecule has 0 saturated carbocycles. The molecule has 0 unspecified atom stereocenters. The number of imidazole rings is 1. The average Bonchev–Trinajstić information content (AvgIpc) is 2.61. The van der Waals surface area contributed by atoms with Crippen LogP contribution in [0.1, 0.15) is 19.7 Å². The van der Waals surface area contributed by atoms with Gasteiger partial charge >= 0.3 is 6.18 Å². The molecule has 0 atom stereocenters. The van der Waals surface area contributed by atoms with Crippen molar-refractivity contribution in [2.45, 2.75) is 32.0 Å². The van der Waals surface area contributed by atoms with Crippen LogP contribution in [0.4, 0.5) is 13.2 Å². The first-order chi connectivity index (χ1) is 8.52. The summed E-state index contributed by atoms with van der Waals surface area (Å²) in [6, 6.07) is 0. The van der Waals surface area contributed by atoms with Crippen LogP contribution in [-0.4, -0.2) is 42.0 Å². The van der Waals surface area contributed by atoms with E-state index in [1.807, 2.05) is 0 Å². The second-order valence-electron chi connectivity index (χ2n) is 4.64. The van der Waals surface area contributed by atoms with E-state index in [0.717, 1.165) is 6.20 Å². The smallest absolute Gasteiger partial charge is 0.332 e. The van der Waals surface area contributed by atoms with Crippen LogP contribution in [0.2, 0.25) is 0 Å². The van der Waals surface area contributed by atoms with Crippen LogP contribution in [0.5, 0.6) is 0 Å². The molecule has 0 aliphatic heterocycles. The Labute approximate surface area is 109 Å². The molecule has 1 heterocycles. The third-order valence-corrected chi connectivity index (χ3v) is 3.94. The van der Waals surface area contributed by atoms with E-state index in [1.54, 1.807) is 13.8 Å². The van der Waals surface area contributed by atoms with Crippen molar-refractivity contribution in [1.29, 1.82) is 0 Å². The maximum atomic E-state index is 12.5. The summed E-state index contributed by atoms with van der Waals surface area (Å²) in [6.45, 7) is 3.11. The quantitative estimate of drug-likeness (QED) is 0.903. The highest BCUT2D eigenvalue weighted by atomic mass is 32.2. The fourth-order valence-electron chi connectivity index (χ4n) is 1.52. The van der Waals surface area contributed by atoms with E-state index in [9.17, 15) is 21.6 Å². The molecule has 1 rings (SSSR count). The van der Waals surface area contributed by atoms with Crippen LogP contribution in [0.3, 0.4) is 0 Å². The van der Waals surface area contributed by atoms with Crippen molar-refractivity contribution in [1.82, 2.24) is 14.3 Å². The molecule has 5 nitrogen and oxygen atoms in total. The Morgan fingerprint density at radius 2 is 2.00 bits per heavy atom. The second kappa shape index (κ2) is 5.49. The van der Waals surface area contributed by atoms with Crippen LogP contribution >= 0.6 is 0 Å². The monoisotopic (exact) mass is 299 g/mol. The number of rotatable bonds is 5. The number of H-pyrrole nitrogens is 1. The Morgan fingerprint density at radius 3 is 2.37 bits per heavy atom. The van der Waals surface area contributed by atoms with Crippen molar-refractivity contribution in [2.24, 2.45) is 5.92 Å². The molecule has 0 radical (unpaired) electrons. The summed E-state index contributed by atoms with van der Waals surface area (Å²) in [5.41, 5.74) is 0. The Bertz CT molecular complexity index is 522. The van der Waals surface area contributed by atoms with Crippen molar-refractivity contribution in [3.05, 3.63) is 12.0 Å². The number of halogens is 3. The topological polar surface area (TPSA) is 66.1 Å². The van der Waals surface area contributed by atoms with Gasteiger partial charge in [0.1, 0.15) is 12.4 Å². The first kappa shape index (κ1) is 16.0. The van der Waals surface area contributed by atoms with E-state index >= 15 is 0 Å². The van der Waals surface area contributed by atoms with Crippen LogP contribution in [0, 0.1) is 12.8 Å². The van der Waals surface area contributed by atoms with Gasteiger partial charge in [0.15, 0.2) is 5.03 Å². The van der Waals surface area contributed by atoms with Gasteiger partial charge in [-0.25, -0.2) is 13.4 Å². The minimum atomic E-state index is -4.59. The average molecular weight is 299 g/mol. The lowest BCUT2D eigenvalue weighted by Crippen LogP contribution is -2.41. The molecule has 0 saturated heterocycles. The number of hydrogen-bond donors (Lipinski definition) is 1. The normalized spacial score (nSPS) is 13.5. The van der Waals surface area contributed by atoms with Crippen molar-refractivity contribution >= 4 is 10.0 Å².